The summed E-state index contributed by atoms with van der Waals surface area (Å²) < 4.78 is 13.7. The minimum absolute atomic E-state index is 0.0757. The summed E-state index contributed by atoms with van der Waals surface area (Å²) in [5, 5.41) is 12.5. The van der Waals surface area contributed by atoms with Gasteiger partial charge in [-0.1, -0.05) is 29.9 Å². The van der Waals surface area contributed by atoms with Crippen molar-refractivity contribution in [1.29, 1.82) is 0 Å². The van der Waals surface area contributed by atoms with Gasteiger partial charge in [0.05, 0.1) is 12.5 Å². The average Bonchev–Trinajstić information content (AvgIpc) is 2.69. The van der Waals surface area contributed by atoms with E-state index in [0.717, 1.165) is 27.8 Å². The van der Waals surface area contributed by atoms with Gasteiger partial charge in [-0.25, -0.2) is 4.39 Å². The van der Waals surface area contributed by atoms with Crippen LogP contribution in [-0.4, -0.2) is 16.0 Å². The number of aliphatic hydroxyl groups is 1. The molecule has 1 aliphatic carbocycles. The van der Waals surface area contributed by atoms with Gasteiger partial charge in [-0.15, -0.1) is 0 Å². The Hall–Kier alpha value is -2.79. The molecule has 1 amide bonds. The van der Waals surface area contributed by atoms with Gasteiger partial charge in [0.15, 0.2) is 0 Å². The van der Waals surface area contributed by atoms with Crippen molar-refractivity contribution in [1.82, 2.24) is 10.3 Å². The van der Waals surface area contributed by atoms with Crippen molar-refractivity contribution < 1.29 is 14.3 Å². The fraction of sp³-hybridized carbons (Fsp3) is 0.273. The first kappa shape index (κ1) is 19.0. The SMILES string of the molecule is CC1=CC=C(c2cnccc2CO)CC1C(=O)NCc1ccc(C)c(F)c1. The molecule has 0 spiro atoms. The van der Waals surface area contributed by atoms with Crippen LogP contribution in [0.25, 0.3) is 5.57 Å². The Morgan fingerprint density at radius 2 is 2.11 bits per heavy atom. The molecular formula is C22H23FN2O2. The Morgan fingerprint density at radius 3 is 2.85 bits per heavy atom. The van der Waals surface area contributed by atoms with Crippen LogP contribution >= 0.6 is 0 Å². The van der Waals surface area contributed by atoms with Crippen molar-refractivity contribution in [2.45, 2.75) is 33.4 Å². The number of nitrogens with zero attached hydrogens (tertiary/aromatic N) is 1. The molecule has 0 fully saturated rings. The number of carbonyl (C=O) groups excluding carboxylic acids is 1. The summed E-state index contributed by atoms with van der Waals surface area (Å²) in [5.74, 6) is -0.661. The van der Waals surface area contributed by atoms with Crippen molar-refractivity contribution in [2.24, 2.45) is 5.92 Å². The summed E-state index contributed by atoms with van der Waals surface area (Å²) >= 11 is 0. The van der Waals surface area contributed by atoms with Gasteiger partial charge in [-0.05, 0) is 54.7 Å². The summed E-state index contributed by atoms with van der Waals surface area (Å²) in [6, 6.07) is 6.76. The lowest BCUT2D eigenvalue weighted by Crippen LogP contribution is -2.32. The second-order valence-corrected chi connectivity index (χ2v) is 6.85. The third-order valence-electron chi connectivity index (χ3n) is 4.97. The Bertz CT molecular complexity index is 918. The largest absolute Gasteiger partial charge is 0.392 e. The highest BCUT2D eigenvalue weighted by Crippen LogP contribution is 2.32. The van der Waals surface area contributed by atoms with Gasteiger partial charge >= 0.3 is 0 Å². The van der Waals surface area contributed by atoms with Gasteiger partial charge < -0.3 is 10.4 Å². The number of halogens is 1. The smallest absolute Gasteiger partial charge is 0.227 e. The molecule has 1 aromatic heterocycles. The minimum atomic E-state index is -0.299. The van der Waals surface area contributed by atoms with E-state index in [0.29, 0.717) is 12.0 Å². The third kappa shape index (κ3) is 4.31. The second kappa shape index (κ2) is 8.27. The van der Waals surface area contributed by atoms with Crippen LogP contribution in [0.1, 0.15) is 35.6 Å². The van der Waals surface area contributed by atoms with Crippen LogP contribution in [0.3, 0.4) is 0 Å². The predicted molar refractivity (Wildman–Crippen MR) is 103 cm³/mol. The molecule has 2 N–H and O–H groups in total. The number of hydrogen-bond donors (Lipinski definition) is 2. The number of aryl methyl sites for hydroxylation is 1. The van der Waals surface area contributed by atoms with Crippen molar-refractivity contribution in [3.05, 3.63) is 82.5 Å². The van der Waals surface area contributed by atoms with Crippen LogP contribution < -0.4 is 5.32 Å². The fourth-order valence-corrected chi connectivity index (χ4v) is 3.21. The number of allylic oxidation sites excluding steroid dienone is 3. The van der Waals surface area contributed by atoms with Crippen LogP contribution in [0.5, 0.6) is 0 Å². The molecule has 140 valence electrons. The van der Waals surface area contributed by atoms with Gasteiger partial charge in [0.2, 0.25) is 5.91 Å². The normalized spacial score (nSPS) is 16.5. The van der Waals surface area contributed by atoms with Crippen molar-refractivity contribution in [2.75, 3.05) is 0 Å². The van der Waals surface area contributed by atoms with E-state index < -0.39 is 0 Å². The number of pyridine rings is 1. The molecule has 0 bridgehead atoms. The quantitative estimate of drug-likeness (QED) is 0.848. The number of rotatable bonds is 5. The number of aliphatic hydroxyl groups excluding tert-OH is 1. The zero-order valence-electron chi connectivity index (χ0n) is 15.5. The zero-order valence-corrected chi connectivity index (χ0v) is 15.5. The average molecular weight is 366 g/mol. The standard InChI is InChI=1S/C22H23FN2O2/c1-14-4-6-17(20-12-24-8-7-18(20)13-26)10-19(14)22(27)25-11-16-5-3-15(2)21(23)9-16/h3-9,12,19,26H,10-11,13H2,1-2H3,(H,25,27). The second-order valence-electron chi connectivity index (χ2n) is 6.85. The van der Waals surface area contributed by atoms with E-state index in [1.807, 2.05) is 25.1 Å². The molecule has 1 aromatic carbocycles. The maximum absolute atomic E-state index is 13.7. The van der Waals surface area contributed by atoms with Gasteiger partial charge in [0.1, 0.15) is 5.82 Å². The van der Waals surface area contributed by atoms with Crippen molar-refractivity contribution in [3.8, 4) is 0 Å². The molecule has 5 heteroatoms. The molecule has 3 rings (SSSR count). The lowest BCUT2D eigenvalue weighted by atomic mass is 9.84. The van der Waals surface area contributed by atoms with E-state index in [-0.39, 0.29) is 30.8 Å². The number of hydrogen-bond acceptors (Lipinski definition) is 3. The van der Waals surface area contributed by atoms with E-state index in [4.69, 9.17) is 0 Å². The monoisotopic (exact) mass is 366 g/mol. The molecule has 0 radical (unpaired) electrons. The topological polar surface area (TPSA) is 62.2 Å². The first-order chi connectivity index (χ1) is 13.0. The van der Waals surface area contributed by atoms with E-state index in [9.17, 15) is 14.3 Å². The van der Waals surface area contributed by atoms with Crippen LogP contribution in [-0.2, 0) is 17.9 Å². The maximum atomic E-state index is 13.7. The molecule has 0 saturated heterocycles. The van der Waals surface area contributed by atoms with E-state index in [1.54, 1.807) is 31.5 Å². The van der Waals surface area contributed by atoms with Crippen LogP contribution in [0.4, 0.5) is 4.39 Å². The number of carbonyl (C=O) groups is 1. The molecule has 1 aliphatic rings. The highest BCUT2D eigenvalue weighted by Gasteiger charge is 2.25. The summed E-state index contributed by atoms with van der Waals surface area (Å²) in [4.78, 5) is 16.9. The fourth-order valence-electron chi connectivity index (χ4n) is 3.21. The number of nitrogens with one attached hydrogen (secondary N) is 1. The summed E-state index contributed by atoms with van der Waals surface area (Å²) in [5.41, 5.74) is 4.91. The third-order valence-corrected chi connectivity index (χ3v) is 4.97. The molecule has 2 aromatic rings. The first-order valence-corrected chi connectivity index (χ1v) is 8.93. The van der Waals surface area contributed by atoms with Gasteiger partial charge in [0.25, 0.3) is 0 Å². The lowest BCUT2D eigenvalue weighted by Gasteiger charge is -2.23. The van der Waals surface area contributed by atoms with E-state index in [2.05, 4.69) is 10.3 Å². The molecular weight excluding hydrogens is 343 g/mol. The first-order valence-electron chi connectivity index (χ1n) is 8.93. The van der Waals surface area contributed by atoms with E-state index >= 15 is 0 Å². The number of benzene rings is 1. The molecule has 1 atom stereocenters. The highest BCUT2D eigenvalue weighted by atomic mass is 19.1. The molecule has 1 heterocycles. The minimum Gasteiger partial charge on any atom is -0.392 e. The Labute approximate surface area is 158 Å². The van der Waals surface area contributed by atoms with Crippen LogP contribution in [0.15, 0.2) is 54.4 Å². The van der Waals surface area contributed by atoms with Gasteiger partial charge in [-0.2, -0.15) is 0 Å². The summed E-state index contributed by atoms with van der Waals surface area (Å²) in [6.07, 6.45) is 7.81. The van der Waals surface area contributed by atoms with Gasteiger partial charge in [-0.3, -0.25) is 9.78 Å². The van der Waals surface area contributed by atoms with Crippen LogP contribution in [0, 0.1) is 18.7 Å². The molecule has 27 heavy (non-hydrogen) atoms. The summed E-state index contributed by atoms with van der Waals surface area (Å²) in [7, 11) is 0. The summed E-state index contributed by atoms with van der Waals surface area (Å²) in [6.45, 7) is 3.85. The molecule has 0 saturated carbocycles. The molecule has 0 aliphatic heterocycles. The number of amides is 1. The predicted octanol–water partition coefficient (Wildman–Crippen LogP) is 3.69. The van der Waals surface area contributed by atoms with Crippen molar-refractivity contribution >= 4 is 11.5 Å². The zero-order chi connectivity index (χ0) is 19.4. The maximum Gasteiger partial charge on any atom is 0.227 e. The number of aromatic nitrogens is 1. The molecule has 4 nitrogen and oxygen atoms in total. The Kier molecular flexibility index (Phi) is 5.81. The molecule has 1 unspecified atom stereocenters. The lowest BCUT2D eigenvalue weighted by molar-refractivity contribution is -0.123. The highest BCUT2D eigenvalue weighted by molar-refractivity contribution is 5.86. The van der Waals surface area contributed by atoms with E-state index in [1.165, 1.54) is 6.07 Å². The Balaban J connectivity index is 1.71. The van der Waals surface area contributed by atoms with Gasteiger partial charge in [0, 0.05) is 24.5 Å². The van der Waals surface area contributed by atoms with Crippen molar-refractivity contribution in [3.63, 3.8) is 0 Å². The Morgan fingerprint density at radius 1 is 1.30 bits per heavy atom. The van der Waals surface area contributed by atoms with Crippen LogP contribution in [0.2, 0.25) is 0 Å².